The van der Waals surface area contributed by atoms with E-state index in [1.165, 1.54) is 0 Å². The Balaban J connectivity index is 1.45. The molecular weight excluding hydrogens is 468 g/mol. The molecule has 1 heterocycles. The molecule has 0 saturated carbocycles. The summed E-state index contributed by atoms with van der Waals surface area (Å²) >= 11 is 6.86. The molecule has 168 valence electrons. The van der Waals surface area contributed by atoms with Crippen LogP contribution >= 0.6 is 23.4 Å². The van der Waals surface area contributed by atoms with Crippen molar-refractivity contribution in [2.24, 2.45) is 0 Å². The number of aryl methyl sites for hydroxylation is 1. The van der Waals surface area contributed by atoms with E-state index in [4.69, 9.17) is 11.6 Å². The van der Waals surface area contributed by atoms with Gasteiger partial charge in [0.25, 0.3) is 11.1 Å². The Morgan fingerprint density at radius 1 is 0.971 bits per heavy atom. The van der Waals surface area contributed by atoms with Gasteiger partial charge in [0.05, 0.1) is 4.91 Å². The molecule has 0 aromatic heterocycles. The summed E-state index contributed by atoms with van der Waals surface area (Å²) in [4.78, 5) is 39.6. The summed E-state index contributed by atoms with van der Waals surface area (Å²) in [6.07, 6.45) is 1.76. The van der Waals surface area contributed by atoms with Crippen LogP contribution in [0.15, 0.2) is 77.7 Å². The highest BCUT2D eigenvalue weighted by Crippen LogP contribution is 2.36. The molecule has 1 fully saturated rings. The Bertz CT molecular complexity index is 1480. The number of benzene rings is 4. The minimum absolute atomic E-state index is 0.290. The van der Waals surface area contributed by atoms with Gasteiger partial charge in [-0.15, -0.1) is 0 Å². The van der Waals surface area contributed by atoms with Gasteiger partial charge < -0.3 is 5.32 Å². The van der Waals surface area contributed by atoms with E-state index in [-0.39, 0.29) is 6.54 Å². The number of carbonyl (C=O) groups is 3. The summed E-state index contributed by atoms with van der Waals surface area (Å²) in [6.45, 7) is 1.47. The second-order valence-electron chi connectivity index (χ2n) is 8.01. The SMILES string of the molecule is Cc1ccc(Cl)cc1NC(=O)CN1C(=O)S/C(=C/c2c3ccccc3cc3ccccc23)C1=O. The van der Waals surface area contributed by atoms with E-state index in [9.17, 15) is 14.4 Å². The van der Waals surface area contributed by atoms with Crippen molar-refractivity contribution in [1.29, 1.82) is 0 Å². The van der Waals surface area contributed by atoms with Gasteiger partial charge in [-0.2, -0.15) is 0 Å². The molecule has 0 spiro atoms. The van der Waals surface area contributed by atoms with Crippen molar-refractivity contribution in [2.45, 2.75) is 6.92 Å². The maximum Gasteiger partial charge on any atom is 0.294 e. The van der Waals surface area contributed by atoms with E-state index in [2.05, 4.69) is 11.4 Å². The number of imide groups is 1. The smallest absolute Gasteiger partial charge is 0.294 e. The molecule has 7 heteroatoms. The zero-order valence-corrected chi connectivity index (χ0v) is 19.7. The van der Waals surface area contributed by atoms with Gasteiger partial charge in [-0.3, -0.25) is 19.3 Å². The lowest BCUT2D eigenvalue weighted by atomic mass is 9.96. The standard InChI is InChI=1S/C27H19ClN2O3S/c1-16-10-11-19(28)13-23(16)29-25(31)15-30-26(32)24(34-27(30)33)14-22-20-8-4-2-6-17(20)12-18-7-3-5-9-21(18)22/h2-14H,15H2,1H3,(H,29,31)/b24-14+. The number of hydrogen-bond acceptors (Lipinski definition) is 4. The Kier molecular flexibility index (Phi) is 5.86. The fourth-order valence-electron chi connectivity index (χ4n) is 4.03. The quantitative estimate of drug-likeness (QED) is 0.259. The highest BCUT2D eigenvalue weighted by molar-refractivity contribution is 8.18. The molecule has 1 saturated heterocycles. The van der Waals surface area contributed by atoms with Gasteiger partial charge >= 0.3 is 0 Å². The van der Waals surface area contributed by atoms with E-state index < -0.39 is 17.1 Å². The minimum atomic E-state index is -0.481. The largest absolute Gasteiger partial charge is 0.324 e. The lowest BCUT2D eigenvalue weighted by Gasteiger charge is -2.14. The zero-order valence-electron chi connectivity index (χ0n) is 18.2. The number of rotatable bonds is 4. The third kappa shape index (κ3) is 4.18. The van der Waals surface area contributed by atoms with Crippen molar-refractivity contribution in [2.75, 3.05) is 11.9 Å². The molecule has 1 aliphatic heterocycles. The van der Waals surface area contributed by atoms with E-state index in [1.807, 2.05) is 55.5 Å². The normalized spacial score (nSPS) is 15.0. The summed E-state index contributed by atoms with van der Waals surface area (Å²) in [5, 5.41) is 6.81. The number of hydrogen-bond donors (Lipinski definition) is 1. The number of nitrogens with one attached hydrogen (secondary N) is 1. The Labute approximate surface area is 205 Å². The fourth-order valence-corrected chi connectivity index (χ4v) is 5.03. The van der Waals surface area contributed by atoms with Crippen LogP contribution in [-0.4, -0.2) is 28.5 Å². The van der Waals surface area contributed by atoms with Crippen molar-refractivity contribution < 1.29 is 14.4 Å². The summed E-state index contributed by atoms with van der Waals surface area (Å²) in [6, 6.07) is 23.1. The topological polar surface area (TPSA) is 66.5 Å². The number of anilines is 1. The van der Waals surface area contributed by atoms with Crippen LogP contribution in [0.1, 0.15) is 11.1 Å². The lowest BCUT2D eigenvalue weighted by Crippen LogP contribution is -2.36. The second kappa shape index (κ2) is 8.97. The molecular formula is C27H19ClN2O3S. The van der Waals surface area contributed by atoms with E-state index in [1.54, 1.807) is 24.3 Å². The molecule has 3 amide bonds. The minimum Gasteiger partial charge on any atom is -0.324 e. The molecule has 1 N–H and O–H groups in total. The van der Waals surface area contributed by atoms with Gasteiger partial charge in [-0.25, -0.2) is 0 Å². The zero-order chi connectivity index (χ0) is 23.8. The van der Waals surface area contributed by atoms with Gasteiger partial charge in [0.2, 0.25) is 5.91 Å². The predicted molar refractivity (Wildman–Crippen MR) is 139 cm³/mol. The van der Waals surface area contributed by atoms with Gasteiger partial charge in [-0.1, -0.05) is 66.2 Å². The van der Waals surface area contributed by atoms with Crippen LogP contribution in [0.25, 0.3) is 27.6 Å². The van der Waals surface area contributed by atoms with Crippen LogP contribution in [-0.2, 0) is 9.59 Å². The average molecular weight is 487 g/mol. The molecule has 0 radical (unpaired) electrons. The summed E-state index contributed by atoms with van der Waals surface area (Å²) < 4.78 is 0. The van der Waals surface area contributed by atoms with Crippen LogP contribution in [0.5, 0.6) is 0 Å². The Morgan fingerprint density at radius 3 is 2.29 bits per heavy atom. The number of amides is 3. The summed E-state index contributed by atoms with van der Waals surface area (Å²) in [5.74, 6) is -0.950. The van der Waals surface area contributed by atoms with Crippen LogP contribution in [0.4, 0.5) is 10.5 Å². The van der Waals surface area contributed by atoms with Crippen molar-refractivity contribution in [3.05, 3.63) is 93.9 Å². The van der Waals surface area contributed by atoms with E-state index in [0.717, 1.165) is 49.3 Å². The predicted octanol–water partition coefficient (Wildman–Crippen LogP) is 6.63. The van der Waals surface area contributed by atoms with Crippen LogP contribution in [0.2, 0.25) is 5.02 Å². The Hall–Kier alpha value is -3.61. The van der Waals surface area contributed by atoms with E-state index >= 15 is 0 Å². The molecule has 0 atom stereocenters. The van der Waals surface area contributed by atoms with Crippen molar-refractivity contribution in [3.8, 4) is 0 Å². The molecule has 34 heavy (non-hydrogen) atoms. The number of carbonyl (C=O) groups excluding carboxylic acids is 3. The second-order valence-corrected chi connectivity index (χ2v) is 9.44. The maximum absolute atomic E-state index is 13.1. The van der Waals surface area contributed by atoms with Gasteiger partial charge in [0, 0.05) is 10.7 Å². The van der Waals surface area contributed by atoms with Gasteiger partial charge in [0.15, 0.2) is 0 Å². The molecule has 0 bridgehead atoms. The first-order chi connectivity index (χ1) is 16.4. The summed E-state index contributed by atoms with van der Waals surface area (Å²) in [5.41, 5.74) is 2.25. The molecule has 4 aromatic carbocycles. The molecule has 5 rings (SSSR count). The molecule has 0 unspecified atom stereocenters. The van der Waals surface area contributed by atoms with Gasteiger partial charge in [0.1, 0.15) is 6.54 Å². The van der Waals surface area contributed by atoms with E-state index in [0.29, 0.717) is 15.6 Å². The first-order valence-electron chi connectivity index (χ1n) is 10.6. The van der Waals surface area contributed by atoms with Crippen LogP contribution in [0, 0.1) is 6.92 Å². The maximum atomic E-state index is 13.1. The molecule has 4 aromatic rings. The molecule has 1 aliphatic rings. The molecule has 5 nitrogen and oxygen atoms in total. The number of nitrogens with zero attached hydrogens (tertiary/aromatic N) is 1. The third-order valence-corrected chi connectivity index (χ3v) is 6.88. The molecule has 0 aliphatic carbocycles. The fraction of sp³-hybridized carbons (Fsp3) is 0.0741. The average Bonchev–Trinajstić information content (AvgIpc) is 3.08. The Morgan fingerprint density at radius 2 is 1.62 bits per heavy atom. The summed E-state index contributed by atoms with van der Waals surface area (Å²) in [7, 11) is 0. The van der Waals surface area contributed by atoms with Crippen molar-refractivity contribution in [3.63, 3.8) is 0 Å². The van der Waals surface area contributed by atoms with Crippen molar-refractivity contribution >= 4 is 73.7 Å². The first kappa shape index (κ1) is 22.2. The number of thioether (sulfide) groups is 1. The number of halogens is 1. The highest BCUT2D eigenvalue weighted by Gasteiger charge is 2.36. The van der Waals surface area contributed by atoms with Gasteiger partial charge in [-0.05, 0) is 75.6 Å². The monoisotopic (exact) mass is 486 g/mol. The third-order valence-electron chi connectivity index (χ3n) is 5.74. The van der Waals surface area contributed by atoms with Crippen LogP contribution in [0.3, 0.4) is 0 Å². The van der Waals surface area contributed by atoms with Crippen LogP contribution < -0.4 is 5.32 Å². The van der Waals surface area contributed by atoms with Crippen molar-refractivity contribution in [1.82, 2.24) is 4.90 Å². The highest BCUT2D eigenvalue weighted by atomic mass is 35.5. The lowest BCUT2D eigenvalue weighted by molar-refractivity contribution is -0.127. The number of fused-ring (bicyclic) bond motifs is 2. The first-order valence-corrected chi connectivity index (χ1v) is 11.8.